The smallest absolute Gasteiger partial charge is 0.253 e. The van der Waals surface area contributed by atoms with Crippen LogP contribution in [0.25, 0.3) is 0 Å². The van der Waals surface area contributed by atoms with Crippen LogP contribution in [0.3, 0.4) is 0 Å². The van der Waals surface area contributed by atoms with Crippen molar-refractivity contribution in [3.63, 3.8) is 0 Å². The zero-order chi connectivity index (χ0) is 22.1. The van der Waals surface area contributed by atoms with Crippen molar-refractivity contribution in [3.05, 3.63) is 76.2 Å². The standard InChI is InChI=1S/C12H10Cl2N4O.C9H11NO/c1-15-11(19)7-4-2-3-5-9(7)17-10-8(13)6-16-12(14)18-10;1-2-9(11)7-5-3-4-6-8(7)10/h2-6H,1H3,(H,15,19)(H,16,17,18);3-6H,2,10H2,1H3. The zero-order valence-corrected chi connectivity index (χ0v) is 18.0. The highest BCUT2D eigenvalue weighted by atomic mass is 35.5. The summed E-state index contributed by atoms with van der Waals surface area (Å²) >= 11 is 11.7. The number of nitrogens with two attached hydrogens (primary N) is 1. The van der Waals surface area contributed by atoms with E-state index in [-0.39, 0.29) is 17.0 Å². The largest absolute Gasteiger partial charge is 0.398 e. The van der Waals surface area contributed by atoms with Gasteiger partial charge in [0.2, 0.25) is 5.28 Å². The number of benzene rings is 2. The number of para-hydroxylation sites is 2. The molecular weight excluding hydrogens is 425 g/mol. The van der Waals surface area contributed by atoms with Gasteiger partial charge in [-0.15, -0.1) is 0 Å². The summed E-state index contributed by atoms with van der Waals surface area (Å²) in [5, 5.41) is 5.92. The van der Waals surface area contributed by atoms with E-state index in [0.717, 1.165) is 0 Å². The minimum Gasteiger partial charge on any atom is -0.398 e. The van der Waals surface area contributed by atoms with E-state index in [1.54, 1.807) is 43.4 Å². The lowest BCUT2D eigenvalue weighted by Gasteiger charge is -2.11. The third-order valence-electron chi connectivity index (χ3n) is 3.95. The van der Waals surface area contributed by atoms with E-state index in [1.807, 2.05) is 19.1 Å². The first-order valence-corrected chi connectivity index (χ1v) is 9.76. The average molecular weight is 446 g/mol. The van der Waals surface area contributed by atoms with Crippen molar-refractivity contribution in [1.82, 2.24) is 15.3 Å². The van der Waals surface area contributed by atoms with Crippen molar-refractivity contribution >= 4 is 52.1 Å². The number of anilines is 3. The van der Waals surface area contributed by atoms with E-state index < -0.39 is 0 Å². The molecule has 0 saturated heterocycles. The highest BCUT2D eigenvalue weighted by Crippen LogP contribution is 2.25. The summed E-state index contributed by atoms with van der Waals surface area (Å²) in [5.41, 5.74) is 7.84. The zero-order valence-electron chi connectivity index (χ0n) is 16.4. The van der Waals surface area contributed by atoms with E-state index in [0.29, 0.717) is 39.8 Å². The number of halogens is 2. The molecule has 156 valence electrons. The molecule has 0 atom stereocenters. The molecule has 30 heavy (non-hydrogen) atoms. The van der Waals surface area contributed by atoms with Gasteiger partial charge in [-0.1, -0.05) is 42.8 Å². The van der Waals surface area contributed by atoms with Crippen molar-refractivity contribution < 1.29 is 9.59 Å². The SMILES string of the molecule is CCC(=O)c1ccccc1N.CNC(=O)c1ccccc1Nc1nc(Cl)ncc1Cl. The van der Waals surface area contributed by atoms with E-state index in [4.69, 9.17) is 28.9 Å². The minimum absolute atomic E-state index is 0.0734. The summed E-state index contributed by atoms with van der Waals surface area (Å²) < 4.78 is 0. The molecule has 0 spiro atoms. The molecule has 1 heterocycles. The molecule has 3 aromatic rings. The fraction of sp³-hybridized carbons (Fsp3) is 0.143. The van der Waals surface area contributed by atoms with Gasteiger partial charge in [0.05, 0.1) is 17.4 Å². The van der Waals surface area contributed by atoms with Crippen LogP contribution in [0.4, 0.5) is 17.2 Å². The molecule has 0 aliphatic rings. The number of aromatic nitrogens is 2. The van der Waals surface area contributed by atoms with Crippen molar-refractivity contribution in [2.75, 3.05) is 18.1 Å². The van der Waals surface area contributed by atoms with Crippen LogP contribution in [0.5, 0.6) is 0 Å². The topological polar surface area (TPSA) is 110 Å². The summed E-state index contributed by atoms with van der Waals surface area (Å²) in [4.78, 5) is 30.6. The molecule has 1 amide bonds. The predicted molar refractivity (Wildman–Crippen MR) is 121 cm³/mol. The van der Waals surface area contributed by atoms with Gasteiger partial charge in [-0.25, -0.2) is 4.98 Å². The van der Waals surface area contributed by atoms with Gasteiger partial charge < -0.3 is 16.4 Å². The number of carbonyl (C=O) groups excluding carboxylic acids is 2. The number of rotatable bonds is 5. The van der Waals surface area contributed by atoms with Crippen LogP contribution in [-0.2, 0) is 0 Å². The molecule has 7 nitrogen and oxygen atoms in total. The van der Waals surface area contributed by atoms with Crippen LogP contribution in [0.2, 0.25) is 10.3 Å². The van der Waals surface area contributed by atoms with Crippen LogP contribution in [0.1, 0.15) is 34.1 Å². The highest BCUT2D eigenvalue weighted by molar-refractivity contribution is 6.33. The third kappa shape index (κ3) is 6.17. The second-order valence-corrected chi connectivity index (χ2v) is 6.69. The molecule has 0 fully saturated rings. The maximum absolute atomic E-state index is 11.7. The van der Waals surface area contributed by atoms with Crippen LogP contribution in [0.15, 0.2) is 54.7 Å². The monoisotopic (exact) mass is 445 g/mol. The number of hydrogen-bond donors (Lipinski definition) is 3. The lowest BCUT2D eigenvalue weighted by Crippen LogP contribution is -2.19. The number of Topliss-reactive ketones (excluding diaryl/α,β-unsaturated/α-hetero) is 1. The second kappa shape index (κ2) is 11.1. The Labute approximate surface area is 184 Å². The summed E-state index contributed by atoms with van der Waals surface area (Å²) in [6.45, 7) is 1.83. The van der Waals surface area contributed by atoms with Crippen LogP contribution >= 0.6 is 23.2 Å². The molecule has 3 rings (SSSR count). The maximum Gasteiger partial charge on any atom is 0.253 e. The third-order valence-corrected chi connectivity index (χ3v) is 4.41. The molecule has 9 heteroatoms. The van der Waals surface area contributed by atoms with Gasteiger partial charge in [0.15, 0.2) is 11.6 Å². The first kappa shape index (κ1) is 23.1. The van der Waals surface area contributed by atoms with Crippen molar-refractivity contribution in [2.45, 2.75) is 13.3 Å². The number of ketones is 1. The highest BCUT2D eigenvalue weighted by Gasteiger charge is 2.11. The number of carbonyl (C=O) groups is 2. The predicted octanol–water partition coefficient (Wildman–Crippen LogP) is 4.75. The summed E-state index contributed by atoms with van der Waals surface area (Å²) in [6.07, 6.45) is 1.90. The van der Waals surface area contributed by atoms with Gasteiger partial charge >= 0.3 is 0 Å². The molecule has 2 aromatic carbocycles. The second-order valence-electron chi connectivity index (χ2n) is 5.95. The fourth-order valence-corrected chi connectivity index (χ4v) is 2.70. The van der Waals surface area contributed by atoms with Gasteiger partial charge in [-0.3, -0.25) is 9.59 Å². The molecule has 4 N–H and O–H groups in total. The summed E-state index contributed by atoms with van der Waals surface area (Å²) in [7, 11) is 1.56. The molecule has 1 aromatic heterocycles. The summed E-state index contributed by atoms with van der Waals surface area (Å²) in [6, 6.07) is 14.1. The number of nitrogen functional groups attached to an aromatic ring is 1. The minimum atomic E-state index is -0.209. The molecule has 0 saturated carbocycles. The molecule has 0 aliphatic heterocycles. The van der Waals surface area contributed by atoms with Crippen LogP contribution in [0, 0.1) is 0 Å². The Hall–Kier alpha value is -3.16. The summed E-state index contributed by atoms with van der Waals surface area (Å²) in [5.74, 6) is 0.237. The van der Waals surface area contributed by atoms with E-state index in [1.165, 1.54) is 6.20 Å². The van der Waals surface area contributed by atoms with Gasteiger partial charge in [0, 0.05) is 24.7 Å². The van der Waals surface area contributed by atoms with Gasteiger partial charge in [0.25, 0.3) is 5.91 Å². The Morgan fingerprint density at radius 1 is 1.03 bits per heavy atom. The first-order chi connectivity index (χ1) is 14.4. The average Bonchev–Trinajstić information content (AvgIpc) is 2.76. The van der Waals surface area contributed by atoms with Crippen molar-refractivity contribution in [1.29, 1.82) is 0 Å². The number of amides is 1. The van der Waals surface area contributed by atoms with Gasteiger partial charge in [-0.05, 0) is 35.9 Å². The van der Waals surface area contributed by atoms with Crippen LogP contribution in [-0.4, -0.2) is 28.7 Å². The van der Waals surface area contributed by atoms with Gasteiger partial charge in [-0.2, -0.15) is 4.98 Å². The molecular formula is C21H21Cl2N5O2. The Morgan fingerprint density at radius 2 is 1.67 bits per heavy atom. The Balaban J connectivity index is 0.000000248. The lowest BCUT2D eigenvalue weighted by molar-refractivity contribution is 0.0961. The number of hydrogen-bond acceptors (Lipinski definition) is 6. The van der Waals surface area contributed by atoms with Crippen LogP contribution < -0.4 is 16.4 Å². The van der Waals surface area contributed by atoms with Crippen molar-refractivity contribution in [2.24, 2.45) is 0 Å². The Kier molecular flexibility index (Phi) is 8.58. The van der Waals surface area contributed by atoms with Gasteiger partial charge in [0.1, 0.15) is 5.02 Å². The fourth-order valence-electron chi connectivity index (χ4n) is 2.43. The molecule has 0 radical (unpaired) electrons. The first-order valence-electron chi connectivity index (χ1n) is 9.01. The molecule has 0 unspecified atom stereocenters. The van der Waals surface area contributed by atoms with E-state index >= 15 is 0 Å². The lowest BCUT2D eigenvalue weighted by atomic mass is 10.1. The Morgan fingerprint density at radius 3 is 2.30 bits per heavy atom. The molecule has 0 bridgehead atoms. The van der Waals surface area contributed by atoms with E-state index in [9.17, 15) is 9.59 Å². The van der Waals surface area contributed by atoms with E-state index in [2.05, 4.69) is 20.6 Å². The maximum atomic E-state index is 11.7. The van der Waals surface area contributed by atoms with Crippen molar-refractivity contribution in [3.8, 4) is 0 Å². The molecule has 0 aliphatic carbocycles. The Bertz CT molecular complexity index is 1040. The normalized spacial score (nSPS) is 9.87. The number of nitrogens with one attached hydrogen (secondary N) is 2. The number of nitrogens with zero attached hydrogens (tertiary/aromatic N) is 2. The quantitative estimate of drug-likeness (QED) is 0.297.